The van der Waals surface area contributed by atoms with E-state index >= 15 is 0 Å². The second-order valence-electron chi connectivity index (χ2n) is 3.02. The fourth-order valence-electron chi connectivity index (χ4n) is 1.13. The number of nitrogens with two attached hydrogens (primary N) is 1. The van der Waals surface area contributed by atoms with Crippen molar-refractivity contribution in [1.82, 2.24) is 4.90 Å². The highest BCUT2D eigenvalue weighted by molar-refractivity contribution is 7.80. The van der Waals surface area contributed by atoms with Crippen LogP contribution in [0.2, 0.25) is 0 Å². The number of nitrogens with zero attached hydrogens (tertiary/aromatic N) is 1. The predicted molar refractivity (Wildman–Crippen MR) is 55.2 cm³/mol. The monoisotopic (exact) mass is 190 g/mol. The summed E-state index contributed by atoms with van der Waals surface area (Å²) in [5, 5.41) is 8.91. The van der Waals surface area contributed by atoms with Gasteiger partial charge in [0.05, 0.1) is 17.6 Å². The number of aliphatic hydroxyl groups is 1. The van der Waals surface area contributed by atoms with Gasteiger partial charge in [0.25, 0.3) is 0 Å². The molecule has 0 fully saturated rings. The van der Waals surface area contributed by atoms with Crippen LogP contribution >= 0.6 is 12.2 Å². The largest absolute Gasteiger partial charge is 0.395 e. The molecule has 0 amide bonds. The van der Waals surface area contributed by atoms with Crippen molar-refractivity contribution in [3.8, 4) is 0 Å². The molecular weight excluding hydrogens is 172 g/mol. The first-order valence-corrected chi connectivity index (χ1v) is 4.57. The van der Waals surface area contributed by atoms with Crippen molar-refractivity contribution in [2.75, 3.05) is 13.7 Å². The van der Waals surface area contributed by atoms with E-state index in [0.717, 1.165) is 6.42 Å². The van der Waals surface area contributed by atoms with Gasteiger partial charge in [-0.1, -0.05) is 19.1 Å². The van der Waals surface area contributed by atoms with E-state index < -0.39 is 0 Å². The minimum absolute atomic E-state index is 0.0992. The first kappa shape index (κ1) is 11.8. The molecule has 3 nitrogen and oxygen atoms in total. The topological polar surface area (TPSA) is 49.5 Å². The molecule has 0 aliphatic carbocycles. The molecule has 0 aromatic rings. The minimum atomic E-state index is 0.0992. The Bertz CT molecular complexity index is 152. The Morgan fingerprint density at radius 1 is 1.67 bits per heavy atom. The predicted octanol–water partition coefficient (Wildman–Crippen LogP) is 0.364. The molecule has 2 atom stereocenters. The zero-order chi connectivity index (χ0) is 9.72. The highest BCUT2D eigenvalue weighted by Crippen LogP contribution is 2.06. The van der Waals surface area contributed by atoms with E-state index in [1.54, 1.807) is 0 Å². The van der Waals surface area contributed by atoms with Gasteiger partial charge in [-0.3, -0.25) is 4.90 Å². The number of thiocarbonyl (C=S) groups is 1. The van der Waals surface area contributed by atoms with Crippen molar-refractivity contribution in [3.05, 3.63) is 0 Å². The van der Waals surface area contributed by atoms with Crippen LogP contribution in [0.4, 0.5) is 0 Å². The molecule has 0 aliphatic heterocycles. The van der Waals surface area contributed by atoms with Crippen molar-refractivity contribution in [2.24, 2.45) is 5.73 Å². The first-order valence-electron chi connectivity index (χ1n) is 4.16. The third kappa shape index (κ3) is 3.05. The van der Waals surface area contributed by atoms with Gasteiger partial charge in [0.1, 0.15) is 0 Å². The molecule has 0 aliphatic rings. The van der Waals surface area contributed by atoms with Gasteiger partial charge in [-0.15, -0.1) is 0 Å². The molecule has 0 radical (unpaired) electrons. The van der Waals surface area contributed by atoms with Crippen LogP contribution in [0.5, 0.6) is 0 Å². The third-order valence-corrected chi connectivity index (χ3v) is 2.44. The summed E-state index contributed by atoms with van der Waals surface area (Å²) in [5.74, 6) is 0. The summed E-state index contributed by atoms with van der Waals surface area (Å²) in [7, 11) is 1.92. The third-order valence-electron chi connectivity index (χ3n) is 2.17. The maximum absolute atomic E-state index is 8.91. The smallest absolute Gasteiger partial charge is 0.0901 e. The average Bonchev–Trinajstić information content (AvgIpc) is 2.03. The van der Waals surface area contributed by atoms with Gasteiger partial charge in [0.15, 0.2) is 0 Å². The Morgan fingerprint density at radius 2 is 2.17 bits per heavy atom. The summed E-state index contributed by atoms with van der Waals surface area (Å²) in [5.41, 5.74) is 5.55. The number of likely N-dealkylation sites (N-methyl/N-ethyl adjacent to an activating group) is 1. The van der Waals surface area contributed by atoms with Gasteiger partial charge in [0, 0.05) is 6.04 Å². The molecule has 0 aromatic carbocycles. The normalized spacial score (nSPS) is 16.1. The van der Waals surface area contributed by atoms with Crippen LogP contribution in [0.1, 0.15) is 20.3 Å². The second-order valence-corrected chi connectivity index (χ2v) is 3.49. The van der Waals surface area contributed by atoms with Crippen molar-refractivity contribution in [3.63, 3.8) is 0 Å². The molecule has 0 aromatic heterocycles. The first-order chi connectivity index (χ1) is 5.54. The summed E-state index contributed by atoms with van der Waals surface area (Å²) < 4.78 is 0. The van der Waals surface area contributed by atoms with Crippen LogP contribution in [0.25, 0.3) is 0 Å². The fraction of sp³-hybridized carbons (Fsp3) is 0.875. The highest BCUT2D eigenvalue weighted by Gasteiger charge is 2.19. The Morgan fingerprint density at radius 3 is 2.42 bits per heavy atom. The van der Waals surface area contributed by atoms with Gasteiger partial charge in [0.2, 0.25) is 0 Å². The van der Waals surface area contributed by atoms with Crippen molar-refractivity contribution in [2.45, 2.75) is 32.4 Å². The van der Waals surface area contributed by atoms with E-state index in [0.29, 0.717) is 4.99 Å². The summed E-state index contributed by atoms with van der Waals surface area (Å²) >= 11 is 4.91. The number of rotatable bonds is 5. The van der Waals surface area contributed by atoms with E-state index in [-0.39, 0.29) is 18.7 Å². The quantitative estimate of drug-likeness (QED) is 0.615. The van der Waals surface area contributed by atoms with Gasteiger partial charge in [-0.05, 0) is 20.4 Å². The average molecular weight is 190 g/mol. The summed E-state index contributed by atoms with van der Waals surface area (Å²) in [6.45, 7) is 4.11. The van der Waals surface area contributed by atoms with Gasteiger partial charge >= 0.3 is 0 Å². The molecule has 0 saturated carbocycles. The number of hydrogen-bond donors (Lipinski definition) is 2. The van der Waals surface area contributed by atoms with Crippen molar-refractivity contribution >= 4 is 17.2 Å². The Kier molecular flexibility index (Phi) is 5.37. The van der Waals surface area contributed by atoms with Crippen LogP contribution in [-0.4, -0.2) is 40.7 Å². The van der Waals surface area contributed by atoms with Gasteiger partial charge in [-0.25, -0.2) is 0 Å². The lowest BCUT2D eigenvalue weighted by molar-refractivity contribution is 0.142. The molecule has 2 unspecified atom stereocenters. The summed E-state index contributed by atoms with van der Waals surface area (Å²) in [4.78, 5) is 2.50. The second kappa shape index (κ2) is 5.45. The highest BCUT2D eigenvalue weighted by atomic mass is 32.1. The summed E-state index contributed by atoms with van der Waals surface area (Å²) in [6, 6.07) is 0.207. The molecule has 0 bridgehead atoms. The van der Waals surface area contributed by atoms with E-state index in [2.05, 4.69) is 0 Å². The van der Waals surface area contributed by atoms with E-state index in [1.165, 1.54) is 0 Å². The maximum atomic E-state index is 8.91. The van der Waals surface area contributed by atoms with E-state index in [1.807, 2.05) is 25.8 Å². The zero-order valence-electron chi connectivity index (χ0n) is 7.95. The molecule has 0 saturated heterocycles. The molecule has 12 heavy (non-hydrogen) atoms. The van der Waals surface area contributed by atoms with E-state index in [9.17, 15) is 0 Å². The Balaban J connectivity index is 4.20. The van der Waals surface area contributed by atoms with Gasteiger partial charge in [-0.2, -0.15) is 0 Å². The Labute approximate surface area is 79.5 Å². The lowest BCUT2D eigenvalue weighted by atomic mass is 10.1. The maximum Gasteiger partial charge on any atom is 0.0901 e. The molecule has 72 valence electrons. The summed E-state index contributed by atoms with van der Waals surface area (Å²) in [6.07, 6.45) is 0.885. The lowest BCUT2D eigenvalue weighted by Gasteiger charge is -2.30. The zero-order valence-corrected chi connectivity index (χ0v) is 8.77. The Hall–Kier alpha value is -0.190. The van der Waals surface area contributed by atoms with Crippen LogP contribution < -0.4 is 5.73 Å². The SMILES string of the molecule is CCC(C(N)=S)N(C)C(C)CO. The van der Waals surface area contributed by atoms with Crippen LogP contribution in [-0.2, 0) is 0 Å². The fourth-order valence-corrected chi connectivity index (χ4v) is 1.46. The molecule has 4 heteroatoms. The molecule has 0 spiro atoms. The standard InChI is InChI=1S/C8H18N2OS/c1-4-7(8(9)12)10(3)6(2)5-11/h6-7,11H,4-5H2,1-3H3,(H2,9,12). The van der Waals surface area contributed by atoms with E-state index in [4.69, 9.17) is 23.1 Å². The van der Waals surface area contributed by atoms with Crippen LogP contribution in [0.3, 0.4) is 0 Å². The van der Waals surface area contributed by atoms with Crippen LogP contribution in [0.15, 0.2) is 0 Å². The minimum Gasteiger partial charge on any atom is -0.395 e. The molecule has 0 heterocycles. The van der Waals surface area contributed by atoms with Crippen molar-refractivity contribution < 1.29 is 5.11 Å². The molecule has 3 N–H and O–H groups in total. The van der Waals surface area contributed by atoms with Crippen molar-refractivity contribution in [1.29, 1.82) is 0 Å². The number of hydrogen-bond acceptors (Lipinski definition) is 3. The molecule has 0 rings (SSSR count). The number of aliphatic hydroxyl groups excluding tert-OH is 1. The van der Waals surface area contributed by atoms with Gasteiger partial charge < -0.3 is 10.8 Å². The van der Waals surface area contributed by atoms with Crippen LogP contribution in [0, 0.1) is 0 Å². The molecular formula is C8H18N2OS. The lowest BCUT2D eigenvalue weighted by Crippen LogP contribution is -2.46.